The predicted octanol–water partition coefficient (Wildman–Crippen LogP) is 5.03. The topological polar surface area (TPSA) is 47.0 Å². The average Bonchev–Trinajstić information content (AvgIpc) is 2.81. The van der Waals surface area contributed by atoms with Gasteiger partial charge in [0.25, 0.3) is 0 Å². The van der Waals surface area contributed by atoms with Crippen LogP contribution in [0, 0.1) is 6.92 Å². The van der Waals surface area contributed by atoms with Gasteiger partial charge >= 0.3 is 0 Å². The van der Waals surface area contributed by atoms with E-state index < -0.39 is 0 Å². The minimum Gasteiger partial charge on any atom is -0.480 e. The van der Waals surface area contributed by atoms with Crippen molar-refractivity contribution in [2.75, 3.05) is 20.2 Å². The molecular formula is C26H31N3O. The number of nitrogens with one attached hydrogen (secondary N) is 1. The number of ether oxygens (including phenoxy) is 1. The maximum Gasteiger partial charge on any atom is 0.236 e. The Hall–Kier alpha value is -2.72. The monoisotopic (exact) mass is 401 g/mol. The van der Waals surface area contributed by atoms with Crippen LogP contribution in [0.2, 0.25) is 0 Å². The molecule has 2 heterocycles. The first-order valence-electron chi connectivity index (χ1n) is 11.0. The number of aryl methyl sites for hydroxylation is 2. The molecule has 1 aliphatic rings. The minimum atomic E-state index is 0.339. The number of benzene rings is 2. The highest BCUT2D eigenvalue weighted by Crippen LogP contribution is 2.34. The quantitative estimate of drug-likeness (QED) is 0.603. The minimum absolute atomic E-state index is 0.339. The molecule has 0 saturated carbocycles. The normalized spacial score (nSPS) is 15.7. The zero-order chi connectivity index (χ0) is 20.8. The van der Waals surface area contributed by atoms with Crippen LogP contribution in [0.25, 0.3) is 0 Å². The lowest BCUT2D eigenvalue weighted by Crippen LogP contribution is -2.26. The first kappa shape index (κ1) is 20.5. The van der Waals surface area contributed by atoms with Gasteiger partial charge in [0.1, 0.15) is 0 Å². The standard InChI is InChI=1S/C26H31N3O/c1-19-5-3-4-6-24(19)25(12-11-23-15-18-28-29-26(23)30-2)22-9-7-20(8-10-22)21-13-16-27-17-14-21/h3-10,15,18,21,25,27H,11-14,16-17H2,1-2H3/t25-/m1/s1. The van der Waals surface area contributed by atoms with E-state index in [0.717, 1.165) is 31.5 Å². The van der Waals surface area contributed by atoms with Gasteiger partial charge in [0.05, 0.1) is 13.3 Å². The van der Waals surface area contributed by atoms with Gasteiger partial charge in [-0.15, -0.1) is 5.10 Å². The smallest absolute Gasteiger partial charge is 0.236 e. The Labute approximate surface area is 179 Å². The first-order valence-corrected chi connectivity index (χ1v) is 11.0. The third kappa shape index (κ3) is 4.71. The number of aromatic nitrogens is 2. The highest BCUT2D eigenvalue weighted by molar-refractivity contribution is 5.39. The van der Waals surface area contributed by atoms with Crippen molar-refractivity contribution in [2.24, 2.45) is 0 Å². The van der Waals surface area contributed by atoms with E-state index in [1.807, 2.05) is 6.07 Å². The summed E-state index contributed by atoms with van der Waals surface area (Å²) in [4.78, 5) is 0. The van der Waals surface area contributed by atoms with Gasteiger partial charge in [0, 0.05) is 11.5 Å². The second kappa shape index (κ2) is 9.86. The van der Waals surface area contributed by atoms with Crippen molar-refractivity contribution in [3.63, 3.8) is 0 Å². The van der Waals surface area contributed by atoms with Gasteiger partial charge in [-0.2, -0.15) is 5.10 Å². The van der Waals surface area contributed by atoms with Crippen LogP contribution in [0.1, 0.15) is 58.9 Å². The van der Waals surface area contributed by atoms with Crippen LogP contribution in [0.15, 0.2) is 60.8 Å². The van der Waals surface area contributed by atoms with Crippen LogP contribution < -0.4 is 10.1 Å². The molecule has 0 unspecified atom stereocenters. The van der Waals surface area contributed by atoms with Crippen molar-refractivity contribution in [3.8, 4) is 5.88 Å². The molecule has 1 aliphatic heterocycles. The molecule has 0 spiro atoms. The molecule has 2 aromatic carbocycles. The predicted molar refractivity (Wildman–Crippen MR) is 121 cm³/mol. The maximum atomic E-state index is 5.42. The zero-order valence-corrected chi connectivity index (χ0v) is 18.0. The fourth-order valence-electron chi connectivity index (χ4n) is 4.64. The maximum absolute atomic E-state index is 5.42. The Bertz CT molecular complexity index is 949. The van der Waals surface area contributed by atoms with Crippen molar-refractivity contribution in [3.05, 3.63) is 88.6 Å². The molecular weight excluding hydrogens is 370 g/mol. The fraction of sp³-hybridized carbons (Fsp3) is 0.385. The Morgan fingerprint density at radius 3 is 2.53 bits per heavy atom. The largest absolute Gasteiger partial charge is 0.480 e. The summed E-state index contributed by atoms with van der Waals surface area (Å²) < 4.78 is 5.42. The van der Waals surface area contributed by atoms with Crippen molar-refractivity contribution >= 4 is 0 Å². The molecule has 1 fully saturated rings. The molecule has 4 rings (SSSR count). The van der Waals surface area contributed by atoms with Crippen molar-refractivity contribution < 1.29 is 4.74 Å². The molecule has 4 nitrogen and oxygen atoms in total. The van der Waals surface area contributed by atoms with Crippen LogP contribution in [0.5, 0.6) is 5.88 Å². The summed E-state index contributed by atoms with van der Waals surface area (Å²) in [5, 5.41) is 11.5. The molecule has 156 valence electrons. The highest BCUT2D eigenvalue weighted by Gasteiger charge is 2.19. The van der Waals surface area contributed by atoms with Gasteiger partial charge in [-0.3, -0.25) is 0 Å². The molecule has 3 aromatic rings. The molecule has 0 radical (unpaired) electrons. The Morgan fingerprint density at radius 1 is 1.03 bits per heavy atom. The van der Waals surface area contributed by atoms with E-state index in [1.165, 1.54) is 35.1 Å². The van der Waals surface area contributed by atoms with Gasteiger partial charge in [0.2, 0.25) is 5.88 Å². The summed E-state index contributed by atoms with van der Waals surface area (Å²) in [6, 6.07) is 20.1. The van der Waals surface area contributed by atoms with E-state index in [9.17, 15) is 0 Å². The van der Waals surface area contributed by atoms with Crippen LogP contribution in [-0.2, 0) is 6.42 Å². The highest BCUT2D eigenvalue weighted by atomic mass is 16.5. The van der Waals surface area contributed by atoms with E-state index in [1.54, 1.807) is 13.3 Å². The lowest BCUT2D eigenvalue weighted by atomic mass is 9.82. The summed E-state index contributed by atoms with van der Waals surface area (Å²) in [6.45, 7) is 4.46. The van der Waals surface area contributed by atoms with Crippen molar-refractivity contribution in [1.29, 1.82) is 0 Å². The second-order valence-corrected chi connectivity index (χ2v) is 8.20. The Morgan fingerprint density at radius 2 is 1.80 bits per heavy atom. The fourth-order valence-corrected chi connectivity index (χ4v) is 4.64. The third-order valence-electron chi connectivity index (χ3n) is 6.37. The lowest BCUT2D eigenvalue weighted by molar-refractivity contribution is 0.385. The van der Waals surface area contributed by atoms with Crippen LogP contribution in [0.4, 0.5) is 0 Å². The summed E-state index contributed by atoms with van der Waals surface area (Å²) in [6.07, 6.45) is 6.10. The first-order chi connectivity index (χ1) is 14.8. The van der Waals surface area contributed by atoms with E-state index in [0.29, 0.717) is 17.7 Å². The van der Waals surface area contributed by atoms with Gasteiger partial charge in [-0.1, -0.05) is 48.5 Å². The number of methoxy groups -OCH3 is 1. The van der Waals surface area contributed by atoms with Gasteiger partial charge < -0.3 is 10.1 Å². The Kier molecular flexibility index (Phi) is 6.75. The number of hydrogen-bond acceptors (Lipinski definition) is 4. The Balaban J connectivity index is 1.59. The number of nitrogens with zero attached hydrogens (tertiary/aromatic N) is 2. The van der Waals surface area contributed by atoms with Gasteiger partial charge in [-0.25, -0.2) is 0 Å². The van der Waals surface area contributed by atoms with Crippen LogP contribution >= 0.6 is 0 Å². The number of hydrogen-bond donors (Lipinski definition) is 1. The van der Waals surface area contributed by atoms with E-state index in [-0.39, 0.29) is 0 Å². The van der Waals surface area contributed by atoms with E-state index in [4.69, 9.17) is 4.74 Å². The van der Waals surface area contributed by atoms with Crippen LogP contribution in [0.3, 0.4) is 0 Å². The summed E-state index contributed by atoms with van der Waals surface area (Å²) in [5.74, 6) is 1.65. The second-order valence-electron chi connectivity index (χ2n) is 8.20. The van der Waals surface area contributed by atoms with Crippen LogP contribution in [-0.4, -0.2) is 30.4 Å². The summed E-state index contributed by atoms with van der Waals surface area (Å²) >= 11 is 0. The molecule has 1 N–H and O–H groups in total. The molecule has 0 amide bonds. The molecule has 0 aliphatic carbocycles. The SMILES string of the molecule is COc1nnccc1CC[C@H](c1ccc(C2CCNCC2)cc1)c1ccccc1C. The van der Waals surface area contributed by atoms with Gasteiger partial charge in [-0.05, 0) is 79.9 Å². The molecule has 1 saturated heterocycles. The molecule has 0 bridgehead atoms. The summed E-state index contributed by atoms with van der Waals surface area (Å²) in [5.41, 5.74) is 6.70. The average molecular weight is 402 g/mol. The van der Waals surface area contributed by atoms with Crippen molar-refractivity contribution in [1.82, 2.24) is 15.5 Å². The molecule has 1 aromatic heterocycles. The lowest BCUT2D eigenvalue weighted by Gasteiger charge is -2.24. The summed E-state index contributed by atoms with van der Waals surface area (Å²) in [7, 11) is 1.66. The molecule has 1 atom stereocenters. The van der Waals surface area contributed by atoms with Crippen molar-refractivity contribution in [2.45, 2.75) is 44.4 Å². The van der Waals surface area contributed by atoms with E-state index >= 15 is 0 Å². The number of piperidine rings is 1. The molecule has 30 heavy (non-hydrogen) atoms. The molecule has 4 heteroatoms. The third-order valence-corrected chi connectivity index (χ3v) is 6.37. The van der Waals surface area contributed by atoms with Gasteiger partial charge in [0.15, 0.2) is 0 Å². The van der Waals surface area contributed by atoms with E-state index in [2.05, 4.69) is 71.0 Å². The number of rotatable bonds is 7. The zero-order valence-electron chi connectivity index (χ0n) is 18.0.